The third kappa shape index (κ3) is 4.61. The van der Waals surface area contributed by atoms with E-state index >= 15 is 0 Å². The molecule has 2 rings (SSSR count). The first kappa shape index (κ1) is 19.0. The lowest BCUT2D eigenvalue weighted by molar-refractivity contribution is -0.384. The van der Waals surface area contributed by atoms with Crippen LogP contribution >= 0.6 is 0 Å². The molecular weight excluding hydrogens is 332 g/mol. The van der Waals surface area contributed by atoms with Gasteiger partial charge in [0.2, 0.25) is 0 Å². The average Bonchev–Trinajstić information content (AvgIpc) is 2.66. The van der Waals surface area contributed by atoms with Crippen LogP contribution in [0.2, 0.25) is 0 Å². The molecule has 1 atom stereocenters. The van der Waals surface area contributed by atoms with Crippen LogP contribution in [0.15, 0.2) is 42.5 Å². The average molecular weight is 352 g/mol. The number of allylic oxidation sites excluding steroid dienone is 1. The summed E-state index contributed by atoms with van der Waals surface area (Å²) < 4.78 is 11.2. The third-order valence-electron chi connectivity index (χ3n) is 3.89. The number of non-ortho nitro benzene ring substituents is 1. The number of methoxy groups -OCH3 is 1. The van der Waals surface area contributed by atoms with Gasteiger partial charge >= 0.3 is 0 Å². The third-order valence-corrected chi connectivity index (χ3v) is 3.89. The Morgan fingerprint density at radius 3 is 2.69 bits per heavy atom. The zero-order valence-electron chi connectivity index (χ0n) is 14.9. The highest BCUT2D eigenvalue weighted by Crippen LogP contribution is 2.31. The fourth-order valence-corrected chi connectivity index (χ4v) is 2.31. The molecule has 0 saturated heterocycles. The zero-order chi connectivity index (χ0) is 19.1. The van der Waals surface area contributed by atoms with Crippen molar-refractivity contribution in [3.05, 3.63) is 63.7 Å². The molecule has 0 aliphatic heterocycles. The van der Waals surface area contributed by atoms with Gasteiger partial charge in [-0.25, -0.2) is 0 Å². The van der Waals surface area contributed by atoms with E-state index in [2.05, 4.69) is 6.07 Å². The van der Waals surface area contributed by atoms with Crippen LogP contribution in [0.1, 0.15) is 31.4 Å². The molecule has 0 amide bonds. The van der Waals surface area contributed by atoms with Gasteiger partial charge in [0.1, 0.15) is 0 Å². The van der Waals surface area contributed by atoms with Gasteiger partial charge < -0.3 is 9.47 Å². The number of nitriles is 1. The molecule has 6 heteroatoms. The minimum absolute atomic E-state index is 0.0569. The molecule has 0 spiro atoms. The molecule has 26 heavy (non-hydrogen) atoms. The quantitative estimate of drug-likeness (QED) is 0.308. The summed E-state index contributed by atoms with van der Waals surface area (Å²) in [5.41, 5.74) is 1.49. The Hall–Kier alpha value is -3.33. The van der Waals surface area contributed by atoms with Gasteiger partial charge in [0.05, 0.1) is 29.8 Å². The van der Waals surface area contributed by atoms with E-state index in [1.807, 2.05) is 19.9 Å². The first-order valence-corrected chi connectivity index (χ1v) is 8.19. The van der Waals surface area contributed by atoms with Crippen LogP contribution in [-0.2, 0) is 0 Å². The molecule has 0 unspecified atom stereocenters. The lowest BCUT2D eigenvalue weighted by Crippen LogP contribution is -2.10. The fourth-order valence-electron chi connectivity index (χ4n) is 2.31. The summed E-state index contributed by atoms with van der Waals surface area (Å²) in [5.74, 6) is 1.20. The van der Waals surface area contributed by atoms with E-state index in [0.717, 1.165) is 12.0 Å². The normalized spacial score (nSPS) is 12.2. The van der Waals surface area contributed by atoms with Crippen molar-refractivity contribution in [2.24, 2.45) is 0 Å². The predicted molar refractivity (Wildman–Crippen MR) is 100.0 cm³/mol. The van der Waals surface area contributed by atoms with Crippen molar-refractivity contribution in [3.63, 3.8) is 0 Å². The lowest BCUT2D eigenvalue weighted by atomic mass is 10.0. The number of ether oxygens (including phenoxy) is 2. The summed E-state index contributed by atoms with van der Waals surface area (Å²) in [6.07, 6.45) is 2.59. The summed E-state index contributed by atoms with van der Waals surface area (Å²) >= 11 is 0. The highest BCUT2D eigenvalue weighted by molar-refractivity contribution is 5.90. The maximum Gasteiger partial charge on any atom is 0.270 e. The van der Waals surface area contributed by atoms with Gasteiger partial charge in [-0.2, -0.15) is 5.26 Å². The summed E-state index contributed by atoms with van der Waals surface area (Å²) in [5, 5.41) is 20.4. The molecule has 0 bridgehead atoms. The van der Waals surface area contributed by atoms with Crippen LogP contribution in [-0.4, -0.2) is 18.1 Å². The Balaban J connectivity index is 2.39. The van der Waals surface area contributed by atoms with Crippen molar-refractivity contribution in [1.29, 1.82) is 5.26 Å². The van der Waals surface area contributed by atoms with Gasteiger partial charge in [0.15, 0.2) is 11.5 Å². The number of rotatable bonds is 7. The SMILES string of the molecule is CC[C@H](C)Oc1ccc(/C=C(/C#N)c2cccc([N+](=O)[O-])c2)cc1OC. The zero-order valence-corrected chi connectivity index (χ0v) is 14.9. The Morgan fingerprint density at radius 1 is 1.31 bits per heavy atom. The molecule has 134 valence electrons. The molecule has 0 aliphatic carbocycles. The molecule has 0 radical (unpaired) electrons. The number of benzene rings is 2. The van der Waals surface area contributed by atoms with E-state index < -0.39 is 4.92 Å². The number of hydrogen-bond acceptors (Lipinski definition) is 5. The highest BCUT2D eigenvalue weighted by Gasteiger charge is 2.11. The van der Waals surface area contributed by atoms with E-state index in [9.17, 15) is 15.4 Å². The fraction of sp³-hybridized carbons (Fsp3) is 0.250. The standard InChI is InChI=1S/C20H20N2O4/c1-4-14(2)26-19-9-8-15(11-20(19)25-3)10-17(13-21)16-6-5-7-18(12-16)22(23)24/h5-12,14H,4H2,1-3H3/b17-10-/t14-/m0/s1. The molecule has 0 saturated carbocycles. The van der Waals surface area contributed by atoms with Crippen molar-refractivity contribution in [1.82, 2.24) is 0 Å². The summed E-state index contributed by atoms with van der Waals surface area (Å²) in [6, 6.07) is 13.5. The van der Waals surface area contributed by atoms with Crippen LogP contribution in [0.4, 0.5) is 5.69 Å². The first-order chi connectivity index (χ1) is 12.5. The number of hydrogen-bond donors (Lipinski definition) is 0. The van der Waals surface area contributed by atoms with Crippen molar-refractivity contribution in [2.75, 3.05) is 7.11 Å². The van der Waals surface area contributed by atoms with Crippen LogP contribution in [0.5, 0.6) is 11.5 Å². The van der Waals surface area contributed by atoms with Gasteiger partial charge in [-0.1, -0.05) is 25.1 Å². The van der Waals surface area contributed by atoms with E-state index in [0.29, 0.717) is 22.6 Å². The predicted octanol–water partition coefficient (Wildman–Crippen LogP) is 4.84. The number of nitro benzene ring substituents is 1. The van der Waals surface area contributed by atoms with E-state index in [4.69, 9.17) is 9.47 Å². The van der Waals surface area contributed by atoms with Crippen LogP contribution in [0.25, 0.3) is 11.6 Å². The van der Waals surface area contributed by atoms with Gasteiger partial charge in [-0.15, -0.1) is 0 Å². The topological polar surface area (TPSA) is 85.4 Å². The van der Waals surface area contributed by atoms with E-state index in [1.165, 1.54) is 12.1 Å². The molecule has 0 N–H and O–H groups in total. The Morgan fingerprint density at radius 2 is 2.08 bits per heavy atom. The van der Waals surface area contributed by atoms with Crippen molar-refractivity contribution >= 4 is 17.3 Å². The Bertz CT molecular complexity index is 868. The number of nitro groups is 1. The lowest BCUT2D eigenvalue weighted by Gasteiger charge is -2.15. The van der Waals surface area contributed by atoms with Crippen molar-refractivity contribution < 1.29 is 14.4 Å². The summed E-state index contributed by atoms with van der Waals surface area (Å²) in [4.78, 5) is 10.4. The second-order valence-electron chi connectivity index (χ2n) is 5.72. The van der Waals surface area contributed by atoms with Crippen molar-refractivity contribution in [2.45, 2.75) is 26.4 Å². The Labute approximate surface area is 152 Å². The van der Waals surface area contributed by atoms with Crippen LogP contribution in [0.3, 0.4) is 0 Å². The molecule has 6 nitrogen and oxygen atoms in total. The minimum Gasteiger partial charge on any atom is -0.493 e. The molecule has 0 fully saturated rings. The van der Waals surface area contributed by atoms with Gasteiger partial charge in [-0.3, -0.25) is 10.1 Å². The molecule has 0 aromatic heterocycles. The van der Waals surface area contributed by atoms with Gasteiger partial charge in [-0.05, 0) is 42.7 Å². The molecule has 0 heterocycles. The van der Waals surface area contributed by atoms with E-state index in [-0.39, 0.29) is 11.8 Å². The number of nitrogens with zero attached hydrogens (tertiary/aromatic N) is 2. The van der Waals surface area contributed by atoms with Gasteiger partial charge in [0, 0.05) is 12.1 Å². The second-order valence-corrected chi connectivity index (χ2v) is 5.72. The maximum absolute atomic E-state index is 10.9. The largest absolute Gasteiger partial charge is 0.493 e. The minimum atomic E-state index is -0.484. The van der Waals surface area contributed by atoms with Crippen molar-refractivity contribution in [3.8, 4) is 17.6 Å². The molecule has 2 aromatic rings. The summed E-state index contributed by atoms with van der Waals surface area (Å²) in [7, 11) is 1.55. The van der Waals surface area contributed by atoms with Crippen LogP contribution in [0, 0.1) is 21.4 Å². The van der Waals surface area contributed by atoms with Gasteiger partial charge in [0.25, 0.3) is 5.69 Å². The molecule has 2 aromatic carbocycles. The first-order valence-electron chi connectivity index (χ1n) is 8.19. The molecule has 0 aliphatic rings. The maximum atomic E-state index is 10.9. The molecular formula is C20H20N2O4. The van der Waals surface area contributed by atoms with Crippen LogP contribution < -0.4 is 9.47 Å². The smallest absolute Gasteiger partial charge is 0.270 e. The highest BCUT2D eigenvalue weighted by atomic mass is 16.6. The monoisotopic (exact) mass is 352 g/mol. The second kappa shape index (κ2) is 8.67. The summed E-state index contributed by atoms with van der Waals surface area (Å²) in [6.45, 7) is 4.01. The Kier molecular flexibility index (Phi) is 6.34. The van der Waals surface area contributed by atoms with E-state index in [1.54, 1.807) is 37.5 Å².